The molecule has 0 spiro atoms. The summed E-state index contributed by atoms with van der Waals surface area (Å²) in [6.07, 6.45) is -5.71. The molecule has 1 heterocycles. The van der Waals surface area contributed by atoms with Gasteiger partial charge < -0.3 is 14.7 Å². The first-order chi connectivity index (χ1) is 16.5. The van der Waals surface area contributed by atoms with Crippen LogP contribution in [0.3, 0.4) is 0 Å². The highest BCUT2D eigenvalue weighted by molar-refractivity contribution is 5.93. The molecule has 1 aliphatic carbocycles. The van der Waals surface area contributed by atoms with Crippen LogP contribution in [0, 0.1) is 0 Å². The van der Waals surface area contributed by atoms with Crippen LogP contribution < -0.4 is 5.32 Å². The zero-order valence-corrected chi connectivity index (χ0v) is 19.0. The Hall–Kier alpha value is -3.56. The zero-order chi connectivity index (χ0) is 25.4. The number of hydrogen-bond acceptors (Lipinski definition) is 4. The van der Waals surface area contributed by atoms with Crippen LogP contribution in [0.15, 0.2) is 48.5 Å². The molecule has 1 saturated heterocycles. The highest BCUT2D eigenvalue weighted by atomic mass is 19.4. The van der Waals surface area contributed by atoms with Crippen molar-refractivity contribution in [3.05, 3.63) is 59.7 Å². The molecule has 0 bridgehead atoms. The fraction of sp³-hybridized carbons (Fsp3) is 0.400. The number of alkyl carbamates (subject to hydrolysis) is 1. The number of aliphatic carboxylic acids is 1. The van der Waals surface area contributed by atoms with Crippen molar-refractivity contribution in [1.29, 1.82) is 0 Å². The molecule has 2 aliphatic rings. The first-order valence-electron chi connectivity index (χ1n) is 11.3. The van der Waals surface area contributed by atoms with Crippen LogP contribution in [0.1, 0.15) is 43.2 Å². The van der Waals surface area contributed by atoms with E-state index < -0.39 is 35.7 Å². The first kappa shape index (κ1) is 24.6. The predicted molar refractivity (Wildman–Crippen MR) is 120 cm³/mol. The highest BCUT2D eigenvalue weighted by Gasteiger charge is 2.60. The third kappa shape index (κ3) is 4.44. The van der Waals surface area contributed by atoms with Crippen LogP contribution in [0.5, 0.6) is 0 Å². The minimum atomic E-state index is -5.18. The van der Waals surface area contributed by atoms with Gasteiger partial charge in [-0.25, -0.2) is 9.59 Å². The molecule has 2 aromatic carbocycles. The Morgan fingerprint density at radius 3 is 2.14 bits per heavy atom. The Morgan fingerprint density at radius 1 is 1.03 bits per heavy atom. The lowest BCUT2D eigenvalue weighted by Gasteiger charge is -2.40. The largest absolute Gasteiger partial charge is 0.480 e. The van der Waals surface area contributed by atoms with E-state index >= 15 is 0 Å². The molecule has 0 radical (unpaired) electrons. The number of fused-ring (bicyclic) bond motifs is 3. The summed E-state index contributed by atoms with van der Waals surface area (Å²) >= 11 is 0. The third-order valence-electron chi connectivity index (χ3n) is 6.74. The van der Waals surface area contributed by atoms with Crippen LogP contribution in [-0.2, 0) is 14.3 Å². The second kappa shape index (κ2) is 9.24. The van der Waals surface area contributed by atoms with Crippen LogP contribution >= 0.6 is 0 Å². The Balaban J connectivity index is 1.52. The third-order valence-corrected chi connectivity index (χ3v) is 6.74. The molecule has 7 nitrogen and oxygen atoms in total. The van der Waals surface area contributed by atoms with Crippen molar-refractivity contribution >= 4 is 18.0 Å². The molecule has 1 fully saturated rings. The molecule has 0 saturated carbocycles. The predicted octanol–water partition coefficient (Wildman–Crippen LogP) is 4.31. The van der Waals surface area contributed by atoms with Crippen molar-refractivity contribution in [1.82, 2.24) is 10.2 Å². The van der Waals surface area contributed by atoms with E-state index in [0.717, 1.165) is 22.3 Å². The zero-order valence-electron chi connectivity index (χ0n) is 19.0. The number of carbonyl (C=O) groups excluding carboxylic acids is 2. The van der Waals surface area contributed by atoms with Gasteiger partial charge in [0.25, 0.3) is 5.91 Å². The lowest BCUT2D eigenvalue weighted by atomic mass is 9.94. The lowest BCUT2D eigenvalue weighted by molar-refractivity contribution is -0.203. The summed E-state index contributed by atoms with van der Waals surface area (Å²) in [6, 6.07) is 13.6. The maximum atomic E-state index is 14.1. The normalized spacial score (nSPS) is 19.3. The molecule has 35 heavy (non-hydrogen) atoms. The van der Waals surface area contributed by atoms with Gasteiger partial charge in [0.15, 0.2) is 0 Å². The molecule has 4 rings (SSSR count). The van der Waals surface area contributed by atoms with Crippen molar-refractivity contribution in [2.24, 2.45) is 0 Å². The fourth-order valence-electron chi connectivity index (χ4n) is 4.80. The molecule has 186 valence electrons. The van der Waals surface area contributed by atoms with E-state index in [1.807, 2.05) is 48.5 Å². The Labute approximate surface area is 199 Å². The number of carboxylic acids is 1. The summed E-state index contributed by atoms with van der Waals surface area (Å²) < 4.78 is 47.4. The van der Waals surface area contributed by atoms with Gasteiger partial charge in [-0.2, -0.15) is 13.2 Å². The quantitative estimate of drug-likeness (QED) is 0.651. The van der Waals surface area contributed by atoms with E-state index in [2.05, 4.69) is 0 Å². The standard InChI is InChI=1S/C25H25F3N2O5/c1-24(25(26,27)28,22(33)30-13-7-6-12-20(30)21(31)32)29-23(34)35-14-19-17-10-4-2-8-15(17)16-9-3-5-11-18(16)19/h2-5,8-11,19-20H,6-7,12-14H2,1H3,(H,29,34)(H,31,32). The number of halogens is 3. The minimum absolute atomic E-state index is 0.0416. The van der Waals surface area contributed by atoms with Gasteiger partial charge in [0.05, 0.1) is 0 Å². The number of carbonyl (C=O) groups is 3. The molecule has 2 N–H and O–H groups in total. The SMILES string of the molecule is CC(NC(=O)OCC1c2ccccc2-c2ccccc21)(C(=O)N1CCCCC1C(=O)O)C(F)(F)F. The summed E-state index contributed by atoms with van der Waals surface area (Å²) in [6.45, 7) is 0.154. The van der Waals surface area contributed by atoms with Crippen molar-refractivity contribution < 1.29 is 37.4 Å². The summed E-state index contributed by atoms with van der Waals surface area (Å²) in [5.74, 6) is -3.28. The number of piperidine rings is 1. The van der Waals surface area contributed by atoms with Gasteiger partial charge in [0.2, 0.25) is 5.54 Å². The summed E-state index contributed by atoms with van der Waals surface area (Å²) in [5, 5.41) is 11.1. The number of amides is 2. The van der Waals surface area contributed by atoms with Gasteiger partial charge in [-0.15, -0.1) is 0 Å². The van der Waals surface area contributed by atoms with Gasteiger partial charge in [0, 0.05) is 12.5 Å². The summed E-state index contributed by atoms with van der Waals surface area (Å²) in [5.41, 5.74) is 0.331. The minimum Gasteiger partial charge on any atom is -0.480 e. The number of rotatable bonds is 5. The molecule has 2 amide bonds. The second-order valence-electron chi connectivity index (χ2n) is 8.92. The van der Waals surface area contributed by atoms with Gasteiger partial charge in [-0.3, -0.25) is 10.1 Å². The Kier molecular flexibility index (Phi) is 6.48. The summed E-state index contributed by atoms with van der Waals surface area (Å²) in [7, 11) is 0. The van der Waals surface area contributed by atoms with Crippen molar-refractivity contribution in [3.63, 3.8) is 0 Å². The number of ether oxygens (including phenoxy) is 1. The van der Waals surface area contributed by atoms with E-state index in [9.17, 15) is 32.7 Å². The number of alkyl halides is 3. The molecule has 1 aliphatic heterocycles. The van der Waals surface area contributed by atoms with Crippen molar-refractivity contribution in [3.8, 4) is 11.1 Å². The molecule has 0 aromatic heterocycles. The maximum Gasteiger partial charge on any atom is 0.420 e. The molecule has 2 unspecified atom stereocenters. The molecular weight excluding hydrogens is 465 g/mol. The Morgan fingerprint density at radius 2 is 1.60 bits per heavy atom. The second-order valence-corrected chi connectivity index (χ2v) is 8.92. The number of hydrogen-bond donors (Lipinski definition) is 2. The van der Waals surface area contributed by atoms with E-state index in [1.165, 1.54) is 0 Å². The number of nitrogens with one attached hydrogen (secondary N) is 1. The van der Waals surface area contributed by atoms with Gasteiger partial charge in [0.1, 0.15) is 12.6 Å². The van der Waals surface area contributed by atoms with E-state index in [1.54, 1.807) is 5.32 Å². The molecular formula is C25H25F3N2O5. The van der Waals surface area contributed by atoms with Crippen molar-refractivity contribution in [2.75, 3.05) is 13.2 Å². The van der Waals surface area contributed by atoms with E-state index in [0.29, 0.717) is 24.7 Å². The number of carboxylic acid groups (broad SMARTS) is 1. The topological polar surface area (TPSA) is 95.9 Å². The number of likely N-dealkylation sites (tertiary alicyclic amines) is 1. The van der Waals surface area contributed by atoms with E-state index in [4.69, 9.17) is 4.74 Å². The van der Waals surface area contributed by atoms with Crippen LogP contribution in [-0.4, -0.2) is 58.9 Å². The Bertz CT molecular complexity index is 1110. The fourth-order valence-corrected chi connectivity index (χ4v) is 4.80. The lowest BCUT2D eigenvalue weighted by Crippen LogP contribution is -2.68. The average molecular weight is 490 g/mol. The van der Waals surface area contributed by atoms with Crippen LogP contribution in [0.4, 0.5) is 18.0 Å². The highest BCUT2D eigenvalue weighted by Crippen LogP contribution is 2.44. The van der Waals surface area contributed by atoms with Gasteiger partial charge in [-0.1, -0.05) is 48.5 Å². The van der Waals surface area contributed by atoms with Crippen molar-refractivity contribution in [2.45, 2.75) is 49.9 Å². The molecule has 2 aromatic rings. The van der Waals surface area contributed by atoms with Crippen LogP contribution in [0.25, 0.3) is 11.1 Å². The first-order valence-corrected chi connectivity index (χ1v) is 11.3. The molecule has 2 atom stereocenters. The average Bonchev–Trinajstić information content (AvgIpc) is 3.15. The smallest absolute Gasteiger partial charge is 0.420 e. The number of nitrogens with zero attached hydrogens (tertiary/aromatic N) is 1. The summed E-state index contributed by atoms with van der Waals surface area (Å²) in [4.78, 5) is 37.8. The molecule has 10 heteroatoms. The number of benzene rings is 2. The monoisotopic (exact) mass is 490 g/mol. The van der Waals surface area contributed by atoms with Gasteiger partial charge >= 0.3 is 18.2 Å². The van der Waals surface area contributed by atoms with Crippen LogP contribution in [0.2, 0.25) is 0 Å². The van der Waals surface area contributed by atoms with Gasteiger partial charge in [-0.05, 0) is 48.4 Å². The van der Waals surface area contributed by atoms with E-state index in [-0.39, 0.29) is 25.5 Å². The maximum absolute atomic E-state index is 14.1.